The Bertz CT molecular complexity index is 520. The standard InChI is InChI=1S/C10H12N4O3/c1-2-16-7-6-14-9(13-17-10(14)15)8-11-4-3-5-12-8/h3-5H,2,6-7H2,1H3. The molecule has 0 unspecified atom stereocenters. The van der Waals surface area contributed by atoms with Gasteiger partial charge in [-0.15, -0.1) is 0 Å². The Hall–Kier alpha value is -2.02. The first-order valence-corrected chi connectivity index (χ1v) is 5.24. The summed E-state index contributed by atoms with van der Waals surface area (Å²) in [6.45, 7) is 3.26. The van der Waals surface area contributed by atoms with Crippen LogP contribution in [0.3, 0.4) is 0 Å². The van der Waals surface area contributed by atoms with Crippen LogP contribution in [0.5, 0.6) is 0 Å². The van der Waals surface area contributed by atoms with Crippen LogP contribution in [-0.4, -0.2) is 32.9 Å². The van der Waals surface area contributed by atoms with Crippen molar-refractivity contribution < 1.29 is 9.26 Å². The molecule has 0 atom stereocenters. The molecule has 0 radical (unpaired) electrons. The zero-order valence-corrected chi connectivity index (χ0v) is 9.37. The number of rotatable bonds is 5. The van der Waals surface area contributed by atoms with E-state index in [1.165, 1.54) is 4.57 Å². The number of hydrogen-bond donors (Lipinski definition) is 0. The van der Waals surface area contributed by atoms with Crippen LogP contribution in [0.15, 0.2) is 27.8 Å². The summed E-state index contributed by atoms with van der Waals surface area (Å²) in [5.74, 6) is 0.136. The minimum Gasteiger partial charge on any atom is -0.380 e. The van der Waals surface area contributed by atoms with Gasteiger partial charge in [-0.05, 0) is 13.0 Å². The SMILES string of the molecule is CCOCCn1c(-c2ncccn2)noc1=O. The molecule has 0 saturated carbocycles. The third kappa shape index (κ3) is 2.56. The molecule has 7 nitrogen and oxygen atoms in total. The van der Waals surface area contributed by atoms with E-state index in [1.807, 2.05) is 6.92 Å². The van der Waals surface area contributed by atoms with Crippen molar-refractivity contribution in [1.82, 2.24) is 19.7 Å². The number of ether oxygens (including phenoxy) is 1. The van der Waals surface area contributed by atoms with Crippen molar-refractivity contribution in [3.05, 3.63) is 29.0 Å². The van der Waals surface area contributed by atoms with Gasteiger partial charge in [-0.3, -0.25) is 9.09 Å². The zero-order chi connectivity index (χ0) is 12.1. The van der Waals surface area contributed by atoms with Crippen molar-refractivity contribution in [2.45, 2.75) is 13.5 Å². The lowest BCUT2D eigenvalue weighted by Crippen LogP contribution is -2.19. The van der Waals surface area contributed by atoms with E-state index < -0.39 is 5.76 Å². The third-order valence-corrected chi connectivity index (χ3v) is 2.12. The molecule has 0 amide bonds. The highest BCUT2D eigenvalue weighted by Crippen LogP contribution is 2.08. The molecular formula is C10H12N4O3. The predicted octanol–water partition coefficient (Wildman–Crippen LogP) is 0.330. The molecule has 2 rings (SSSR count). The lowest BCUT2D eigenvalue weighted by atomic mass is 10.5. The van der Waals surface area contributed by atoms with Crippen LogP contribution in [0.2, 0.25) is 0 Å². The van der Waals surface area contributed by atoms with Gasteiger partial charge in [0.2, 0.25) is 5.82 Å². The summed E-state index contributed by atoms with van der Waals surface area (Å²) in [7, 11) is 0. The summed E-state index contributed by atoms with van der Waals surface area (Å²) >= 11 is 0. The second kappa shape index (κ2) is 5.35. The number of hydrogen-bond acceptors (Lipinski definition) is 6. The first kappa shape index (κ1) is 11.5. The molecule has 2 heterocycles. The van der Waals surface area contributed by atoms with E-state index in [0.717, 1.165) is 0 Å². The second-order valence-corrected chi connectivity index (χ2v) is 3.19. The van der Waals surface area contributed by atoms with Gasteiger partial charge in [0.25, 0.3) is 0 Å². The van der Waals surface area contributed by atoms with E-state index in [-0.39, 0.29) is 0 Å². The first-order chi connectivity index (χ1) is 8.33. The van der Waals surface area contributed by atoms with E-state index in [1.54, 1.807) is 18.5 Å². The maximum Gasteiger partial charge on any atom is 0.442 e. The van der Waals surface area contributed by atoms with Gasteiger partial charge in [-0.1, -0.05) is 5.16 Å². The Kier molecular flexibility index (Phi) is 3.61. The quantitative estimate of drug-likeness (QED) is 0.696. The van der Waals surface area contributed by atoms with Crippen molar-refractivity contribution >= 4 is 0 Å². The van der Waals surface area contributed by atoms with Crippen molar-refractivity contribution in [3.8, 4) is 11.6 Å². The van der Waals surface area contributed by atoms with Crippen molar-refractivity contribution in [2.24, 2.45) is 0 Å². The van der Waals surface area contributed by atoms with Crippen LogP contribution in [-0.2, 0) is 11.3 Å². The average molecular weight is 236 g/mol. The summed E-state index contributed by atoms with van der Waals surface area (Å²) in [5, 5.41) is 3.66. The predicted molar refractivity (Wildman–Crippen MR) is 58.3 cm³/mol. The van der Waals surface area contributed by atoms with E-state index in [9.17, 15) is 4.79 Å². The van der Waals surface area contributed by atoms with Crippen LogP contribution < -0.4 is 5.76 Å². The number of nitrogens with zero attached hydrogens (tertiary/aromatic N) is 4. The van der Waals surface area contributed by atoms with Crippen molar-refractivity contribution in [3.63, 3.8) is 0 Å². The summed E-state index contributed by atoms with van der Waals surface area (Å²) in [4.78, 5) is 19.5. The molecule has 0 aromatic carbocycles. The van der Waals surface area contributed by atoms with Crippen LogP contribution >= 0.6 is 0 Å². The van der Waals surface area contributed by atoms with Gasteiger partial charge < -0.3 is 4.74 Å². The molecule has 2 aromatic rings. The summed E-state index contributed by atoms with van der Waals surface area (Å²) in [6, 6.07) is 1.69. The molecule has 2 aromatic heterocycles. The molecule has 17 heavy (non-hydrogen) atoms. The first-order valence-electron chi connectivity index (χ1n) is 5.24. The fourth-order valence-corrected chi connectivity index (χ4v) is 1.34. The van der Waals surface area contributed by atoms with Crippen LogP contribution in [0.25, 0.3) is 11.6 Å². The van der Waals surface area contributed by atoms with Gasteiger partial charge in [-0.25, -0.2) is 14.8 Å². The highest BCUT2D eigenvalue weighted by molar-refractivity contribution is 5.41. The fraction of sp³-hybridized carbons (Fsp3) is 0.400. The monoisotopic (exact) mass is 236 g/mol. The normalized spacial score (nSPS) is 10.6. The van der Waals surface area contributed by atoms with Crippen molar-refractivity contribution in [1.29, 1.82) is 0 Å². The molecule has 90 valence electrons. The molecular weight excluding hydrogens is 224 g/mol. The van der Waals surface area contributed by atoms with E-state index >= 15 is 0 Å². The molecule has 0 N–H and O–H groups in total. The molecule has 0 aliphatic rings. The number of aromatic nitrogens is 4. The van der Waals surface area contributed by atoms with Crippen LogP contribution in [0.1, 0.15) is 6.92 Å². The Morgan fingerprint density at radius 2 is 2.18 bits per heavy atom. The molecule has 0 spiro atoms. The third-order valence-electron chi connectivity index (χ3n) is 2.12. The van der Waals surface area contributed by atoms with Gasteiger partial charge in [-0.2, -0.15) is 0 Å². The van der Waals surface area contributed by atoms with Crippen LogP contribution in [0.4, 0.5) is 0 Å². The van der Waals surface area contributed by atoms with Gasteiger partial charge in [0.05, 0.1) is 13.2 Å². The summed E-state index contributed by atoms with van der Waals surface area (Å²) in [6.07, 6.45) is 3.16. The zero-order valence-electron chi connectivity index (χ0n) is 9.37. The van der Waals surface area contributed by atoms with Gasteiger partial charge in [0.1, 0.15) is 0 Å². The molecule has 0 saturated heterocycles. The topological polar surface area (TPSA) is 83.0 Å². The van der Waals surface area contributed by atoms with Gasteiger partial charge in [0, 0.05) is 19.0 Å². The largest absolute Gasteiger partial charge is 0.442 e. The van der Waals surface area contributed by atoms with Gasteiger partial charge >= 0.3 is 5.76 Å². The van der Waals surface area contributed by atoms with E-state index in [4.69, 9.17) is 4.74 Å². The minimum atomic E-state index is -0.535. The Balaban J connectivity index is 2.26. The Morgan fingerprint density at radius 1 is 1.41 bits per heavy atom. The highest BCUT2D eigenvalue weighted by atomic mass is 16.5. The Morgan fingerprint density at radius 3 is 2.88 bits per heavy atom. The highest BCUT2D eigenvalue weighted by Gasteiger charge is 2.14. The molecule has 0 aliphatic heterocycles. The Labute approximate surface area is 97.1 Å². The molecule has 0 fully saturated rings. The maximum absolute atomic E-state index is 11.4. The van der Waals surface area contributed by atoms with Gasteiger partial charge in [0.15, 0.2) is 5.82 Å². The maximum atomic E-state index is 11.4. The summed E-state index contributed by atoms with van der Waals surface area (Å²) < 4.78 is 11.1. The smallest absolute Gasteiger partial charge is 0.380 e. The fourth-order valence-electron chi connectivity index (χ4n) is 1.34. The molecule has 7 heteroatoms. The second-order valence-electron chi connectivity index (χ2n) is 3.19. The summed E-state index contributed by atoms with van der Waals surface area (Å²) in [5.41, 5.74) is 0. The van der Waals surface area contributed by atoms with E-state index in [2.05, 4.69) is 19.6 Å². The van der Waals surface area contributed by atoms with Crippen LogP contribution in [0, 0.1) is 0 Å². The lowest BCUT2D eigenvalue weighted by Gasteiger charge is -2.03. The lowest BCUT2D eigenvalue weighted by molar-refractivity contribution is 0.137. The molecule has 0 bridgehead atoms. The van der Waals surface area contributed by atoms with E-state index in [0.29, 0.717) is 31.4 Å². The van der Waals surface area contributed by atoms with Crippen molar-refractivity contribution in [2.75, 3.05) is 13.2 Å². The minimum absolute atomic E-state index is 0.315. The average Bonchev–Trinajstić information content (AvgIpc) is 2.73. The molecule has 0 aliphatic carbocycles.